The number of aromatic nitrogens is 1. The Morgan fingerprint density at radius 1 is 1.08 bits per heavy atom. The number of rotatable bonds is 5. The molecule has 5 nitrogen and oxygen atoms in total. The summed E-state index contributed by atoms with van der Waals surface area (Å²) in [5, 5.41) is 5.87. The molecule has 0 atom stereocenters. The van der Waals surface area contributed by atoms with Crippen molar-refractivity contribution >= 4 is 23.2 Å². The Balaban J connectivity index is 1.60. The van der Waals surface area contributed by atoms with E-state index in [9.17, 15) is 4.79 Å². The highest BCUT2D eigenvalue weighted by Gasteiger charge is 2.16. The van der Waals surface area contributed by atoms with Crippen LogP contribution in [-0.4, -0.2) is 23.6 Å². The van der Waals surface area contributed by atoms with E-state index in [1.807, 2.05) is 30.3 Å². The lowest BCUT2D eigenvalue weighted by molar-refractivity contribution is 0.244. The fourth-order valence-electron chi connectivity index (χ4n) is 3.33. The Bertz CT molecular complexity index is 666. The number of anilines is 3. The first kappa shape index (κ1) is 17.3. The Morgan fingerprint density at radius 3 is 2.48 bits per heavy atom. The molecule has 1 aromatic heterocycles. The zero-order valence-corrected chi connectivity index (χ0v) is 14.7. The predicted molar refractivity (Wildman–Crippen MR) is 102 cm³/mol. The Labute approximate surface area is 149 Å². The van der Waals surface area contributed by atoms with Gasteiger partial charge in [-0.3, -0.25) is 5.32 Å². The second-order valence-electron chi connectivity index (χ2n) is 6.41. The SMILES string of the molecule is CCN(c1ccccc1)c1ccc(NC(=O)NC2CCCCC2)nc1. The van der Waals surface area contributed by atoms with Crippen molar-refractivity contribution in [3.63, 3.8) is 0 Å². The van der Waals surface area contributed by atoms with Crippen LogP contribution in [0.2, 0.25) is 0 Å². The van der Waals surface area contributed by atoms with Gasteiger partial charge in [0.25, 0.3) is 0 Å². The van der Waals surface area contributed by atoms with Crippen LogP contribution in [0.1, 0.15) is 39.0 Å². The Morgan fingerprint density at radius 2 is 1.84 bits per heavy atom. The summed E-state index contributed by atoms with van der Waals surface area (Å²) in [5.41, 5.74) is 2.13. The van der Waals surface area contributed by atoms with Gasteiger partial charge in [0.1, 0.15) is 5.82 Å². The van der Waals surface area contributed by atoms with Crippen LogP contribution in [0, 0.1) is 0 Å². The maximum absolute atomic E-state index is 12.1. The van der Waals surface area contributed by atoms with Crippen LogP contribution < -0.4 is 15.5 Å². The van der Waals surface area contributed by atoms with Crippen LogP contribution in [0.15, 0.2) is 48.7 Å². The molecule has 0 saturated heterocycles. The number of hydrogen-bond donors (Lipinski definition) is 2. The van der Waals surface area contributed by atoms with Crippen LogP contribution in [0.4, 0.5) is 22.0 Å². The predicted octanol–water partition coefficient (Wildman–Crippen LogP) is 4.69. The highest BCUT2D eigenvalue weighted by molar-refractivity contribution is 5.88. The molecule has 5 heteroatoms. The lowest BCUT2D eigenvalue weighted by Gasteiger charge is -2.24. The van der Waals surface area contributed by atoms with Gasteiger partial charge in [-0.2, -0.15) is 0 Å². The number of urea groups is 1. The fraction of sp³-hybridized carbons (Fsp3) is 0.400. The van der Waals surface area contributed by atoms with Crippen LogP contribution in [0.3, 0.4) is 0 Å². The minimum Gasteiger partial charge on any atom is -0.341 e. The van der Waals surface area contributed by atoms with Gasteiger partial charge in [0.05, 0.1) is 11.9 Å². The monoisotopic (exact) mass is 338 g/mol. The van der Waals surface area contributed by atoms with Crippen LogP contribution in [0.25, 0.3) is 0 Å². The summed E-state index contributed by atoms with van der Waals surface area (Å²) >= 11 is 0. The van der Waals surface area contributed by atoms with Crippen molar-refractivity contribution in [1.82, 2.24) is 10.3 Å². The second kappa shape index (κ2) is 8.51. The highest BCUT2D eigenvalue weighted by Crippen LogP contribution is 2.24. The van der Waals surface area contributed by atoms with Crippen molar-refractivity contribution in [2.45, 2.75) is 45.1 Å². The first-order valence-corrected chi connectivity index (χ1v) is 9.12. The number of hydrogen-bond acceptors (Lipinski definition) is 3. The van der Waals surface area contributed by atoms with Gasteiger partial charge in [-0.15, -0.1) is 0 Å². The fourth-order valence-corrected chi connectivity index (χ4v) is 3.33. The molecule has 2 amide bonds. The molecule has 0 spiro atoms. The molecule has 2 aromatic rings. The lowest BCUT2D eigenvalue weighted by Crippen LogP contribution is -2.39. The minimum atomic E-state index is -0.164. The molecule has 1 aliphatic carbocycles. The summed E-state index contributed by atoms with van der Waals surface area (Å²) in [5.74, 6) is 0.571. The average molecular weight is 338 g/mol. The molecule has 0 radical (unpaired) electrons. The average Bonchev–Trinajstić information content (AvgIpc) is 2.65. The third-order valence-corrected chi connectivity index (χ3v) is 4.63. The minimum absolute atomic E-state index is 0.164. The van der Waals surface area contributed by atoms with Crippen LogP contribution in [0.5, 0.6) is 0 Å². The molecule has 25 heavy (non-hydrogen) atoms. The molecule has 3 rings (SSSR count). The summed E-state index contributed by atoms with van der Waals surface area (Å²) in [6, 6.07) is 14.2. The third kappa shape index (κ3) is 4.72. The number of carbonyl (C=O) groups excluding carboxylic acids is 1. The molecule has 1 heterocycles. The summed E-state index contributed by atoms with van der Waals surface area (Å²) in [4.78, 5) is 18.7. The first-order valence-electron chi connectivity index (χ1n) is 9.12. The van der Waals surface area contributed by atoms with Gasteiger partial charge in [0.2, 0.25) is 0 Å². The molecule has 2 N–H and O–H groups in total. The third-order valence-electron chi connectivity index (χ3n) is 4.63. The van der Waals surface area contributed by atoms with E-state index >= 15 is 0 Å². The van der Waals surface area contributed by atoms with Crippen LogP contribution >= 0.6 is 0 Å². The maximum Gasteiger partial charge on any atom is 0.320 e. The molecule has 0 unspecified atom stereocenters. The van der Waals surface area contributed by atoms with Gasteiger partial charge in [0, 0.05) is 18.3 Å². The molecule has 1 fully saturated rings. The molecule has 0 aliphatic heterocycles. The number of benzene rings is 1. The molecule has 132 valence electrons. The lowest BCUT2D eigenvalue weighted by atomic mass is 9.96. The van der Waals surface area contributed by atoms with Crippen LogP contribution in [-0.2, 0) is 0 Å². The van der Waals surface area contributed by atoms with Gasteiger partial charge in [-0.25, -0.2) is 9.78 Å². The zero-order valence-electron chi connectivity index (χ0n) is 14.7. The summed E-state index contributed by atoms with van der Waals surface area (Å²) in [7, 11) is 0. The molecule has 1 saturated carbocycles. The number of para-hydroxylation sites is 1. The van der Waals surface area contributed by atoms with Gasteiger partial charge in [0.15, 0.2) is 0 Å². The smallest absolute Gasteiger partial charge is 0.320 e. The molecule has 0 bridgehead atoms. The number of pyridine rings is 1. The van der Waals surface area contributed by atoms with E-state index in [4.69, 9.17) is 0 Å². The van der Waals surface area contributed by atoms with E-state index in [-0.39, 0.29) is 6.03 Å². The standard InChI is InChI=1S/C20H26N4O/c1-2-24(17-11-7-4-8-12-17)18-13-14-19(21-15-18)23-20(25)22-16-9-5-3-6-10-16/h4,7-8,11-16H,2-3,5-6,9-10H2,1H3,(H2,21,22,23,25). The summed E-state index contributed by atoms with van der Waals surface area (Å²) < 4.78 is 0. The Hall–Kier alpha value is -2.56. The molecule has 1 aliphatic rings. The van der Waals surface area contributed by atoms with Gasteiger partial charge < -0.3 is 10.2 Å². The van der Waals surface area contributed by atoms with E-state index in [2.05, 4.69) is 39.6 Å². The van der Waals surface area contributed by atoms with Crippen molar-refractivity contribution in [1.29, 1.82) is 0 Å². The normalized spacial score (nSPS) is 14.8. The van der Waals surface area contributed by atoms with Crippen molar-refractivity contribution in [2.75, 3.05) is 16.8 Å². The van der Waals surface area contributed by atoms with Gasteiger partial charge in [-0.1, -0.05) is 37.5 Å². The van der Waals surface area contributed by atoms with Crippen molar-refractivity contribution in [3.8, 4) is 0 Å². The topological polar surface area (TPSA) is 57.3 Å². The van der Waals surface area contributed by atoms with Gasteiger partial charge >= 0.3 is 6.03 Å². The molecule has 1 aromatic carbocycles. The van der Waals surface area contributed by atoms with Crippen molar-refractivity contribution in [2.24, 2.45) is 0 Å². The van der Waals surface area contributed by atoms with Gasteiger partial charge in [-0.05, 0) is 44.0 Å². The summed E-state index contributed by atoms with van der Waals surface area (Å²) in [6.07, 6.45) is 7.62. The second-order valence-corrected chi connectivity index (χ2v) is 6.41. The van der Waals surface area contributed by atoms with E-state index < -0.39 is 0 Å². The number of amides is 2. The first-order chi connectivity index (χ1) is 12.3. The Kier molecular flexibility index (Phi) is 5.88. The molecular weight excluding hydrogens is 312 g/mol. The van der Waals surface area contributed by atoms with Crippen molar-refractivity contribution in [3.05, 3.63) is 48.7 Å². The largest absolute Gasteiger partial charge is 0.341 e. The maximum atomic E-state index is 12.1. The van der Waals surface area contributed by atoms with E-state index in [1.165, 1.54) is 19.3 Å². The van der Waals surface area contributed by atoms with Crippen molar-refractivity contribution < 1.29 is 4.79 Å². The summed E-state index contributed by atoms with van der Waals surface area (Å²) in [6.45, 7) is 2.96. The zero-order chi connectivity index (χ0) is 17.5. The number of carbonyl (C=O) groups is 1. The highest BCUT2D eigenvalue weighted by atomic mass is 16.2. The number of nitrogens with one attached hydrogen (secondary N) is 2. The van der Waals surface area contributed by atoms with E-state index in [0.29, 0.717) is 11.9 Å². The molecular formula is C20H26N4O. The van der Waals surface area contributed by atoms with E-state index in [1.54, 1.807) is 6.20 Å². The quantitative estimate of drug-likeness (QED) is 0.831. The van der Waals surface area contributed by atoms with E-state index in [0.717, 1.165) is 30.8 Å². The number of nitrogens with zero attached hydrogens (tertiary/aromatic N) is 2.